The molecule has 0 saturated heterocycles. The Morgan fingerprint density at radius 2 is 1.83 bits per heavy atom. The van der Waals surface area contributed by atoms with Gasteiger partial charge in [-0.05, 0) is 25.5 Å². The summed E-state index contributed by atoms with van der Waals surface area (Å²) in [4.78, 5) is 17.7. The maximum atomic E-state index is 12.9. The van der Waals surface area contributed by atoms with Crippen LogP contribution in [0.3, 0.4) is 0 Å². The Kier molecular flexibility index (Phi) is 5.81. The van der Waals surface area contributed by atoms with Gasteiger partial charge < -0.3 is 9.30 Å². The quantitative estimate of drug-likeness (QED) is 0.318. The number of thioether (sulfide) groups is 1. The van der Waals surface area contributed by atoms with Crippen LogP contribution in [0.25, 0.3) is 22.0 Å². The summed E-state index contributed by atoms with van der Waals surface area (Å²) in [7, 11) is 1.40. The highest BCUT2D eigenvalue weighted by atomic mass is 32.2. The van der Waals surface area contributed by atoms with Crippen molar-refractivity contribution in [2.75, 3.05) is 7.11 Å². The molecular formula is C23H22N4O2S. The number of methoxy groups -OCH3 is 1. The maximum Gasteiger partial charge on any atom is 0.340 e. The number of fused-ring (bicyclic) bond motifs is 1. The summed E-state index contributed by atoms with van der Waals surface area (Å²) < 4.78 is 7.17. The van der Waals surface area contributed by atoms with E-state index in [9.17, 15) is 4.79 Å². The van der Waals surface area contributed by atoms with Crippen LogP contribution in [0.4, 0.5) is 0 Å². The second kappa shape index (κ2) is 8.67. The van der Waals surface area contributed by atoms with Gasteiger partial charge in [0.05, 0.1) is 23.9 Å². The summed E-state index contributed by atoms with van der Waals surface area (Å²) in [6, 6.07) is 18.0. The number of carbonyl (C=O) groups excluding carboxylic acids is 1. The molecule has 0 aliphatic heterocycles. The lowest BCUT2D eigenvalue weighted by Gasteiger charge is -2.16. The van der Waals surface area contributed by atoms with Crippen LogP contribution in [0.15, 0.2) is 66.1 Å². The van der Waals surface area contributed by atoms with E-state index in [0.29, 0.717) is 17.0 Å². The van der Waals surface area contributed by atoms with E-state index < -0.39 is 5.97 Å². The van der Waals surface area contributed by atoms with Crippen LogP contribution in [0.5, 0.6) is 0 Å². The Labute approximate surface area is 179 Å². The van der Waals surface area contributed by atoms with Gasteiger partial charge in [0.2, 0.25) is 0 Å². The monoisotopic (exact) mass is 418 g/mol. The van der Waals surface area contributed by atoms with E-state index in [1.165, 1.54) is 18.9 Å². The zero-order chi connectivity index (χ0) is 21.1. The van der Waals surface area contributed by atoms with Crippen molar-refractivity contribution in [1.82, 2.24) is 19.7 Å². The van der Waals surface area contributed by atoms with Crippen LogP contribution >= 0.6 is 11.8 Å². The lowest BCUT2D eigenvalue weighted by Crippen LogP contribution is -2.11. The molecule has 0 fully saturated rings. The van der Waals surface area contributed by atoms with E-state index in [2.05, 4.69) is 24.0 Å². The van der Waals surface area contributed by atoms with Crippen LogP contribution in [0.1, 0.15) is 35.9 Å². The lowest BCUT2D eigenvalue weighted by molar-refractivity contribution is 0.0600. The number of pyridine rings is 1. The molecule has 2 aromatic heterocycles. The van der Waals surface area contributed by atoms with Gasteiger partial charge in [-0.1, -0.05) is 60.3 Å². The number of carbonyl (C=O) groups is 1. The summed E-state index contributed by atoms with van der Waals surface area (Å²) in [5, 5.41) is 9.96. The van der Waals surface area contributed by atoms with Crippen molar-refractivity contribution >= 4 is 28.6 Å². The fourth-order valence-electron chi connectivity index (χ4n) is 3.42. The zero-order valence-corrected chi connectivity index (χ0v) is 17.9. The van der Waals surface area contributed by atoms with Crippen LogP contribution in [-0.2, 0) is 10.5 Å². The third-order valence-electron chi connectivity index (χ3n) is 4.85. The van der Waals surface area contributed by atoms with Crippen molar-refractivity contribution < 1.29 is 9.53 Å². The van der Waals surface area contributed by atoms with Gasteiger partial charge in [0, 0.05) is 22.7 Å². The molecule has 0 aliphatic rings. The fraction of sp³-hybridized carbons (Fsp3) is 0.217. The van der Waals surface area contributed by atoms with E-state index >= 15 is 0 Å². The van der Waals surface area contributed by atoms with Crippen LogP contribution in [-0.4, -0.2) is 32.8 Å². The highest BCUT2D eigenvalue weighted by molar-refractivity contribution is 7.98. The van der Waals surface area contributed by atoms with Gasteiger partial charge in [-0.2, -0.15) is 0 Å². The predicted molar refractivity (Wildman–Crippen MR) is 118 cm³/mol. The molecular weight excluding hydrogens is 396 g/mol. The molecule has 2 aromatic carbocycles. The molecule has 4 aromatic rings. The summed E-state index contributed by atoms with van der Waals surface area (Å²) in [6.45, 7) is 4.16. The highest BCUT2D eigenvalue weighted by Gasteiger charge is 2.23. The molecule has 2 heterocycles. The summed E-state index contributed by atoms with van der Waals surface area (Å²) in [5.74, 6) is 0.0774. The Hall–Kier alpha value is -3.19. The van der Waals surface area contributed by atoms with E-state index in [4.69, 9.17) is 9.72 Å². The van der Waals surface area contributed by atoms with Crippen molar-refractivity contribution in [3.63, 3.8) is 0 Å². The van der Waals surface area contributed by atoms with Crippen molar-refractivity contribution in [2.24, 2.45) is 0 Å². The SMILES string of the molecule is COC(=O)c1c(CSc2nncn2C(C)C)nc2ccccc2c1-c1ccccc1. The largest absolute Gasteiger partial charge is 0.465 e. The number of hydrogen-bond acceptors (Lipinski definition) is 6. The molecule has 0 unspecified atom stereocenters. The first-order valence-corrected chi connectivity index (χ1v) is 10.7. The summed E-state index contributed by atoms with van der Waals surface area (Å²) in [5.41, 5.74) is 3.79. The third kappa shape index (κ3) is 3.80. The van der Waals surface area contributed by atoms with Crippen LogP contribution in [0.2, 0.25) is 0 Å². The molecule has 0 N–H and O–H groups in total. The molecule has 0 spiro atoms. The summed E-state index contributed by atoms with van der Waals surface area (Å²) >= 11 is 1.51. The second-order valence-corrected chi connectivity index (χ2v) is 8.03. The van der Waals surface area contributed by atoms with E-state index in [-0.39, 0.29) is 6.04 Å². The number of hydrogen-bond donors (Lipinski definition) is 0. The Bertz CT molecular complexity index is 1190. The van der Waals surface area contributed by atoms with E-state index in [0.717, 1.165) is 27.2 Å². The Morgan fingerprint density at radius 1 is 1.10 bits per heavy atom. The lowest BCUT2D eigenvalue weighted by atomic mass is 9.94. The normalized spacial score (nSPS) is 11.2. The number of nitrogens with zero attached hydrogens (tertiary/aromatic N) is 4. The molecule has 4 rings (SSSR count). The smallest absolute Gasteiger partial charge is 0.340 e. The van der Waals surface area contributed by atoms with Gasteiger partial charge >= 0.3 is 5.97 Å². The Balaban J connectivity index is 1.88. The average molecular weight is 419 g/mol. The topological polar surface area (TPSA) is 69.9 Å². The van der Waals surface area contributed by atoms with Crippen LogP contribution < -0.4 is 0 Å². The highest BCUT2D eigenvalue weighted by Crippen LogP contribution is 2.35. The number of ether oxygens (including phenoxy) is 1. The molecule has 0 aliphatic carbocycles. The first-order valence-electron chi connectivity index (χ1n) is 9.67. The molecule has 7 heteroatoms. The van der Waals surface area contributed by atoms with E-state index in [1.54, 1.807) is 6.33 Å². The third-order valence-corrected chi connectivity index (χ3v) is 5.82. The minimum absolute atomic E-state index is 0.243. The van der Waals surface area contributed by atoms with Crippen molar-refractivity contribution in [3.8, 4) is 11.1 Å². The molecule has 0 saturated carbocycles. The molecule has 0 amide bonds. The molecule has 152 valence electrons. The standard InChI is InChI=1S/C23H22N4O2S/c1-15(2)27-14-24-26-23(27)30-13-19-21(22(28)29-3)20(16-9-5-4-6-10-16)17-11-7-8-12-18(17)25-19/h4-12,14-15H,13H2,1-3H3. The number of esters is 1. The Morgan fingerprint density at radius 3 is 2.57 bits per heavy atom. The molecule has 0 bridgehead atoms. The maximum absolute atomic E-state index is 12.9. The zero-order valence-electron chi connectivity index (χ0n) is 17.1. The van der Waals surface area contributed by atoms with Gasteiger partial charge in [-0.15, -0.1) is 10.2 Å². The van der Waals surface area contributed by atoms with Crippen molar-refractivity contribution in [3.05, 3.63) is 72.2 Å². The van der Waals surface area contributed by atoms with E-state index in [1.807, 2.05) is 59.2 Å². The van der Waals surface area contributed by atoms with Crippen LogP contribution in [0, 0.1) is 0 Å². The van der Waals surface area contributed by atoms with Gasteiger partial charge in [0.1, 0.15) is 6.33 Å². The average Bonchev–Trinajstić information content (AvgIpc) is 3.25. The van der Waals surface area contributed by atoms with Gasteiger partial charge in [-0.25, -0.2) is 4.79 Å². The number of rotatable bonds is 6. The molecule has 6 nitrogen and oxygen atoms in total. The fourth-order valence-corrected chi connectivity index (χ4v) is 4.40. The molecule has 30 heavy (non-hydrogen) atoms. The number of para-hydroxylation sites is 1. The molecule has 0 atom stereocenters. The van der Waals surface area contributed by atoms with Gasteiger partial charge in [-0.3, -0.25) is 4.98 Å². The predicted octanol–water partition coefficient (Wildman–Crippen LogP) is 5.15. The number of aromatic nitrogens is 4. The van der Waals surface area contributed by atoms with Gasteiger partial charge in [0.25, 0.3) is 0 Å². The number of benzene rings is 2. The van der Waals surface area contributed by atoms with Gasteiger partial charge in [0.15, 0.2) is 5.16 Å². The van der Waals surface area contributed by atoms with Crippen molar-refractivity contribution in [2.45, 2.75) is 30.8 Å². The first kappa shape index (κ1) is 20.1. The van der Waals surface area contributed by atoms with Crippen molar-refractivity contribution in [1.29, 1.82) is 0 Å². The minimum Gasteiger partial charge on any atom is -0.465 e. The summed E-state index contributed by atoms with van der Waals surface area (Å²) in [6.07, 6.45) is 1.72. The minimum atomic E-state index is -0.395. The first-order chi connectivity index (χ1) is 14.6. The second-order valence-electron chi connectivity index (χ2n) is 7.09. The molecule has 0 radical (unpaired) electrons.